The van der Waals surface area contributed by atoms with Crippen LogP contribution in [0, 0.1) is 13.8 Å². The number of carbonyl (C=O) groups is 3. The van der Waals surface area contributed by atoms with Gasteiger partial charge in [-0.2, -0.15) is 15.3 Å². The van der Waals surface area contributed by atoms with Gasteiger partial charge in [-0.1, -0.05) is 23.8 Å². The van der Waals surface area contributed by atoms with Crippen molar-refractivity contribution in [3.63, 3.8) is 0 Å². The van der Waals surface area contributed by atoms with Crippen molar-refractivity contribution >= 4 is 102 Å². The number of alkyl halides is 2. The van der Waals surface area contributed by atoms with E-state index in [-0.39, 0.29) is 55.5 Å². The molecule has 3 aliphatic carbocycles. The van der Waals surface area contributed by atoms with Gasteiger partial charge < -0.3 is 47.2 Å². The second kappa shape index (κ2) is 31.0. The van der Waals surface area contributed by atoms with Crippen LogP contribution in [0.15, 0.2) is 84.1 Å². The first-order chi connectivity index (χ1) is 49.0. The molecule has 0 spiro atoms. The number of aliphatic hydroxyl groups is 3. The van der Waals surface area contributed by atoms with Crippen LogP contribution in [0.1, 0.15) is 147 Å². The number of halogens is 2. The van der Waals surface area contributed by atoms with Gasteiger partial charge in [0, 0.05) is 118 Å². The number of amides is 3. The maximum Gasteiger partial charge on any atom is 0.239 e. The quantitative estimate of drug-likeness (QED) is 0.0324. The lowest BCUT2D eigenvalue weighted by Crippen LogP contribution is -2.63. The summed E-state index contributed by atoms with van der Waals surface area (Å²) in [5.41, 5.74) is 4.74. The molecule has 24 nitrogen and oxygen atoms in total. The van der Waals surface area contributed by atoms with Crippen molar-refractivity contribution in [1.29, 1.82) is 0 Å². The van der Waals surface area contributed by atoms with Gasteiger partial charge in [0.2, 0.25) is 17.7 Å². The molecule has 3 saturated carbocycles. The number of hydrogen-bond acceptors (Lipinski definition) is 21. The van der Waals surface area contributed by atoms with Gasteiger partial charge >= 0.3 is 0 Å². The van der Waals surface area contributed by atoms with Gasteiger partial charge in [0.05, 0.1) is 74.6 Å². The van der Waals surface area contributed by atoms with E-state index in [1.807, 2.05) is 49.4 Å². The molecule has 9 heterocycles. The Labute approximate surface area is 605 Å². The van der Waals surface area contributed by atoms with Gasteiger partial charge in [0.25, 0.3) is 0 Å². The smallest absolute Gasteiger partial charge is 0.239 e. The highest BCUT2D eigenvalue weighted by Crippen LogP contribution is 2.44. The summed E-state index contributed by atoms with van der Waals surface area (Å²) in [4.78, 5) is 59.5. The first-order valence-corrected chi connectivity index (χ1v) is 38.5. The number of likely N-dealkylation sites (tertiary alicyclic amines) is 3. The first-order valence-electron chi connectivity index (χ1n) is 35.9. The minimum Gasteiger partial charge on any atom is -0.384 e. The molecule has 3 amide bonds. The topological polar surface area (TPSA) is 286 Å². The fourth-order valence-electron chi connectivity index (χ4n) is 15.5. The lowest BCUT2D eigenvalue weighted by Gasteiger charge is -2.48. The molecule has 3 aromatic carbocycles. The molecule has 0 radical (unpaired) electrons. The van der Waals surface area contributed by atoms with E-state index in [1.54, 1.807) is 62.9 Å². The van der Waals surface area contributed by atoms with Gasteiger partial charge in [-0.25, -0.2) is 18.7 Å². The Hall–Kier alpha value is -7.61. The Bertz CT molecular complexity index is 4160. The highest BCUT2D eigenvalue weighted by Gasteiger charge is 2.45. The number of benzene rings is 3. The van der Waals surface area contributed by atoms with Crippen LogP contribution in [0.5, 0.6) is 0 Å². The van der Waals surface area contributed by atoms with Crippen molar-refractivity contribution < 1.29 is 38.5 Å². The molecule has 6 fully saturated rings. The van der Waals surface area contributed by atoms with E-state index in [4.69, 9.17) is 0 Å². The average molecular weight is 1460 g/mol. The number of fused-ring (bicyclic) bond motifs is 3. The zero-order chi connectivity index (χ0) is 71.6. The molecule has 2 atom stereocenters. The Morgan fingerprint density at radius 3 is 1.39 bits per heavy atom. The van der Waals surface area contributed by atoms with E-state index in [0.717, 1.165) is 181 Å². The van der Waals surface area contributed by atoms with Crippen LogP contribution in [-0.2, 0) is 51.8 Å². The third kappa shape index (κ3) is 16.3. The molecule has 546 valence electrons. The molecule has 15 rings (SSSR count). The van der Waals surface area contributed by atoms with Crippen LogP contribution in [0.3, 0.4) is 0 Å². The van der Waals surface area contributed by atoms with Gasteiger partial charge in [-0.05, 0) is 159 Å². The third-order valence-corrected chi connectivity index (χ3v) is 24.7. The molecule has 0 bridgehead atoms. The Balaban J connectivity index is 0.000000137. The maximum absolute atomic E-state index is 13.7. The Morgan fingerprint density at radius 2 is 0.990 bits per heavy atom. The van der Waals surface area contributed by atoms with Crippen LogP contribution in [-0.4, -0.2) is 187 Å². The standard InChI is InChI=1S/C25H34N6O2S.2C24H31FN6O2S/c1-4-31-21-6-5-16(2)11-20(21)24(29-31)27-13-23(32)28-18-14-30(15-18)19-7-9-25(33,10-8-19)22-12-26-17(3)34-22;1-15(25)16-3-4-20-19(9-16)23(29-30(20)2)27-11-22(32)28-17-12-31(13-17)18-5-7-24(33,8-6-18)21-10-26-14-34-21;1-15(25)16-3-4-20-19(11-16)22(29-30(20)2)27-12-21(32)28-17-13-31(14-17)18-5-7-24(33,8-6-18)23-26-9-10-34-23/h5-6,11-12,18-19,33H,4,7-10,13-15H2,1-3H3,(H,27,29)(H,28,32);3-4,9-10,14-15,17-18,33H,5-8,11-13H2,1-2H3,(H,27,29)(H,28,32);3-4,9-11,15,17-18,33H,5-8,12-14H2,1-2H3,(H,27,29)(H,28,32). The van der Waals surface area contributed by atoms with Crippen molar-refractivity contribution in [2.45, 2.75) is 184 Å². The average Bonchev–Trinajstić information content (AvgIpc) is 0.958. The predicted octanol–water partition coefficient (Wildman–Crippen LogP) is 9.38. The van der Waals surface area contributed by atoms with E-state index in [2.05, 4.69) is 109 Å². The summed E-state index contributed by atoms with van der Waals surface area (Å²) in [6.07, 6.45) is 13.4. The molecule has 102 heavy (non-hydrogen) atoms. The first kappa shape index (κ1) is 72.7. The van der Waals surface area contributed by atoms with Crippen LogP contribution in [0.25, 0.3) is 32.7 Å². The predicted molar refractivity (Wildman–Crippen MR) is 396 cm³/mol. The van der Waals surface area contributed by atoms with Gasteiger partial charge in [0.15, 0.2) is 17.5 Å². The minimum absolute atomic E-state index is 0.00455. The second-order valence-electron chi connectivity index (χ2n) is 28.9. The summed E-state index contributed by atoms with van der Waals surface area (Å²) >= 11 is 4.64. The summed E-state index contributed by atoms with van der Waals surface area (Å²) in [5, 5.41) is 71.6. The number of carbonyl (C=O) groups excluding carboxylic acids is 3. The van der Waals surface area contributed by atoms with Gasteiger partial charge in [-0.15, -0.1) is 34.0 Å². The zero-order valence-electron chi connectivity index (χ0n) is 59.2. The number of anilines is 3. The van der Waals surface area contributed by atoms with Gasteiger partial charge in [0.1, 0.15) is 34.2 Å². The van der Waals surface area contributed by atoms with Crippen molar-refractivity contribution in [2.24, 2.45) is 14.1 Å². The van der Waals surface area contributed by atoms with Crippen molar-refractivity contribution in [1.82, 2.24) is 74.9 Å². The molecule has 29 heteroatoms. The molecule has 6 aliphatic rings. The van der Waals surface area contributed by atoms with E-state index in [0.29, 0.717) is 40.9 Å². The Kier molecular flexibility index (Phi) is 22.1. The van der Waals surface area contributed by atoms with Crippen LogP contribution in [0.2, 0.25) is 0 Å². The summed E-state index contributed by atoms with van der Waals surface area (Å²) in [5.74, 6) is 1.76. The highest BCUT2D eigenvalue weighted by molar-refractivity contribution is 7.11. The molecular weight excluding hydrogens is 1360 g/mol. The summed E-state index contributed by atoms with van der Waals surface area (Å²) < 4.78 is 32.9. The number of rotatable bonds is 21. The lowest BCUT2D eigenvalue weighted by molar-refractivity contribution is -0.122. The zero-order valence-corrected chi connectivity index (χ0v) is 61.6. The number of nitrogens with one attached hydrogen (secondary N) is 6. The molecule has 6 aromatic heterocycles. The van der Waals surface area contributed by atoms with E-state index < -0.39 is 29.1 Å². The number of hydrogen-bond donors (Lipinski definition) is 9. The molecular formula is C73H96F2N18O6S3. The number of thiazole rings is 3. The SMILES string of the molecule is CC(F)c1ccc2c(c1)c(NCC(=O)NC1CN(C3CCC(O)(c4cncs4)CC3)C1)nn2C.CC(F)c1ccc2c(c1)c(NCC(=O)NC1CN(C3CCC(O)(c4nccs4)CC3)C1)nn2C.CCn1nc(NCC(=O)NC2CN(C3CCC(O)(c4cnc(C)s4)CC3)C2)c2cc(C)ccc21. The number of nitrogens with zero attached hydrogens (tertiary/aromatic N) is 12. The largest absolute Gasteiger partial charge is 0.384 e. The molecule has 2 unspecified atom stereocenters. The summed E-state index contributed by atoms with van der Waals surface area (Å²) in [6.45, 7) is 15.4. The molecule has 3 saturated heterocycles. The number of aryl methyl sites for hydroxylation is 5. The monoisotopic (exact) mass is 1450 g/mol. The lowest BCUT2D eigenvalue weighted by atomic mass is 9.80. The van der Waals surface area contributed by atoms with E-state index >= 15 is 0 Å². The number of aromatic nitrogens is 9. The van der Waals surface area contributed by atoms with Crippen LogP contribution < -0.4 is 31.9 Å². The van der Waals surface area contributed by atoms with E-state index in [1.165, 1.54) is 42.1 Å². The van der Waals surface area contributed by atoms with Gasteiger partial charge in [-0.3, -0.25) is 48.1 Å². The fraction of sp³-hybridized carbons (Fsp3) is 0.548. The Morgan fingerprint density at radius 1 is 0.559 bits per heavy atom. The maximum atomic E-state index is 13.7. The third-order valence-electron chi connectivity index (χ3n) is 21.6. The molecule has 3 aliphatic heterocycles. The fourth-order valence-corrected chi connectivity index (χ4v) is 18.0. The van der Waals surface area contributed by atoms with E-state index in [9.17, 15) is 38.5 Å². The highest BCUT2D eigenvalue weighted by atomic mass is 32.1. The van der Waals surface area contributed by atoms with Crippen LogP contribution >= 0.6 is 34.0 Å². The molecule has 9 aromatic rings. The minimum atomic E-state index is -1.06. The van der Waals surface area contributed by atoms with Crippen molar-refractivity contribution in [3.05, 3.63) is 121 Å². The summed E-state index contributed by atoms with van der Waals surface area (Å²) in [6, 6.07) is 18.9. The van der Waals surface area contributed by atoms with Crippen molar-refractivity contribution in [2.75, 3.05) is 74.9 Å². The van der Waals surface area contributed by atoms with Crippen molar-refractivity contribution in [3.8, 4) is 0 Å². The van der Waals surface area contributed by atoms with Crippen LogP contribution in [0.4, 0.5) is 26.2 Å². The molecule has 9 N–H and O–H groups in total. The summed E-state index contributed by atoms with van der Waals surface area (Å²) in [7, 11) is 3.66. The normalized spacial score (nSPS) is 24.3. The second-order valence-corrected chi connectivity index (χ2v) is 31.9.